The number of rotatable bonds is 3. The Morgan fingerprint density at radius 1 is 1.47 bits per heavy atom. The molecule has 1 unspecified atom stereocenters. The molecule has 3 rings (SSSR count). The van der Waals surface area contributed by atoms with E-state index in [2.05, 4.69) is 19.9 Å². The van der Waals surface area contributed by atoms with E-state index in [-0.39, 0.29) is 24.0 Å². The first-order chi connectivity index (χ1) is 8.81. The van der Waals surface area contributed by atoms with Crippen LogP contribution in [-0.4, -0.2) is 28.1 Å². The molecule has 2 aliphatic rings. The predicted molar refractivity (Wildman–Crippen MR) is 86.7 cm³/mol. The lowest BCUT2D eigenvalue weighted by Gasteiger charge is -2.26. The molecule has 1 saturated carbocycles. The molecule has 3 N–H and O–H groups in total. The molecule has 1 aromatic heterocycles. The number of guanidine groups is 1. The Balaban J connectivity index is 0.00000133. The van der Waals surface area contributed by atoms with Crippen molar-refractivity contribution in [3.05, 3.63) is 18.2 Å². The predicted octanol–water partition coefficient (Wildman–Crippen LogP) is 1.52. The Kier molecular flexibility index (Phi) is 5.06. The second-order valence-electron chi connectivity index (χ2n) is 5.39. The maximum absolute atomic E-state index is 5.94. The molecule has 1 aliphatic carbocycles. The van der Waals surface area contributed by atoms with Crippen LogP contribution in [0.5, 0.6) is 0 Å². The van der Waals surface area contributed by atoms with Crippen molar-refractivity contribution >= 4 is 29.9 Å². The number of aliphatic imine (C=N–C) groups is 1. The van der Waals surface area contributed by atoms with E-state index < -0.39 is 0 Å². The maximum Gasteiger partial charge on any atom is 0.188 e. The van der Waals surface area contributed by atoms with Crippen molar-refractivity contribution in [1.82, 2.24) is 14.9 Å². The van der Waals surface area contributed by atoms with Gasteiger partial charge >= 0.3 is 0 Å². The van der Waals surface area contributed by atoms with Crippen molar-refractivity contribution in [3.63, 3.8) is 0 Å². The molecule has 0 saturated heterocycles. The Morgan fingerprint density at radius 3 is 3.05 bits per heavy atom. The van der Waals surface area contributed by atoms with Crippen LogP contribution >= 0.6 is 24.0 Å². The van der Waals surface area contributed by atoms with Crippen LogP contribution in [0.1, 0.15) is 31.5 Å². The number of nitrogens with one attached hydrogen (secondary N) is 1. The molecule has 0 bridgehead atoms. The molecule has 1 aliphatic heterocycles. The number of imidazole rings is 1. The third-order valence-corrected chi connectivity index (χ3v) is 4.05. The van der Waals surface area contributed by atoms with Crippen LogP contribution in [0.3, 0.4) is 0 Å². The van der Waals surface area contributed by atoms with Gasteiger partial charge in [-0.15, -0.1) is 24.0 Å². The van der Waals surface area contributed by atoms with E-state index in [1.807, 2.05) is 12.4 Å². The van der Waals surface area contributed by atoms with Gasteiger partial charge in [0, 0.05) is 37.9 Å². The van der Waals surface area contributed by atoms with Gasteiger partial charge in [-0.3, -0.25) is 4.99 Å². The minimum absolute atomic E-state index is 0. The lowest BCUT2D eigenvalue weighted by Crippen LogP contribution is -2.44. The second-order valence-corrected chi connectivity index (χ2v) is 5.39. The third kappa shape index (κ3) is 3.61. The summed E-state index contributed by atoms with van der Waals surface area (Å²) in [4.78, 5) is 8.79. The molecule has 0 spiro atoms. The van der Waals surface area contributed by atoms with E-state index >= 15 is 0 Å². The average molecular weight is 375 g/mol. The minimum atomic E-state index is 0. The highest BCUT2D eigenvalue weighted by molar-refractivity contribution is 14.0. The van der Waals surface area contributed by atoms with Gasteiger partial charge in [0.15, 0.2) is 5.96 Å². The van der Waals surface area contributed by atoms with Gasteiger partial charge in [-0.25, -0.2) is 4.98 Å². The number of hydrogen-bond donors (Lipinski definition) is 2. The highest BCUT2D eigenvalue weighted by atomic mass is 127. The second kappa shape index (κ2) is 6.58. The standard InChI is InChI=1S/C13H21N5.HI/c14-13(16-9-10-2-1-3-10)17-11-4-6-18-7-5-15-12(18)8-11;/h5,7,10-11H,1-4,6,8-9H2,(H3,14,16,17);1H. The van der Waals surface area contributed by atoms with Crippen LogP contribution < -0.4 is 11.1 Å². The fraction of sp³-hybridized carbons (Fsp3) is 0.692. The van der Waals surface area contributed by atoms with Crippen LogP contribution in [0.4, 0.5) is 0 Å². The summed E-state index contributed by atoms with van der Waals surface area (Å²) >= 11 is 0. The minimum Gasteiger partial charge on any atom is -0.370 e. The Labute approximate surface area is 131 Å². The zero-order valence-corrected chi connectivity index (χ0v) is 13.4. The fourth-order valence-corrected chi connectivity index (χ4v) is 2.63. The number of nitrogens with zero attached hydrogens (tertiary/aromatic N) is 3. The summed E-state index contributed by atoms with van der Waals surface area (Å²) in [7, 11) is 0. The van der Waals surface area contributed by atoms with Crippen LogP contribution in [-0.2, 0) is 13.0 Å². The van der Waals surface area contributed by atoms with E-state index in [4.69, 9.17) is 5.73 Å². The first-order valence-electron chi connectivity index (χ1n) is 6.88. The Morgan fingerprint density at radius 2 is 2.32 bits per heavy atom. The lowest BCUT2D eigenvalue weighted by molar-refractivity contribution is 0.325. The molecular formula is C13H22IN5. The molecule has 1 aromatic rings. The van der Waals surface area contributed by atoms with Gasteiger partial charge in [-0.1, -0.05) is 6.42 Å². The summed E-state index contributed by atoms with van der Waals surface area (Å²) in [6.07, 6.45) is 9.93. The van der Waals surface area contributed by atoms with Gasteiger partial charge in [0.25, 0.3) is 0 Å². The van der Waals surface area contributed by atoms with Gasteiger partial charge in [0.2, 0.25) is 0 Å². The summed E-state index contributed by atoms with van der Waals surface area (Å²) in [5.41, 5.74) is 5.94. The highest BCUT2D eigenvalue weighted by Gasteiger charge is 2.20. The number of aryl methyl sites for hydroxylation is 1. The van der Waals surface area contributed by atoms with Crippen molar-refractivity contribution in [2.45, 2.75) is 44.7 Å². The number of aromatic nitrogens is 2. The molecule has 106 valence electrons. The molecule has 0 radical (unpaired) electrons. The molecule has 6 heteroatoms. The van der Waals surface area contributed by atoms with Gasteiger partial charge in [-0.05, 0) is 25.2 Å². The van der Waals surface area contributed by atoms with Gasteiger partial charge in [0.1, 0.15) is 5.82 Å². The smallest absolute Gasteiger partial charge is 0.188 e. The third-order valence-electron chi connectivity index (χ3n) is 4.05. The summed E-state index contributed by atoms with van der Waals surface area (Å²) < 4.78 is 2.21. The van der Waals surface area contributed by atoms with Crippen LogP contribution in [0, 0.1) is 5.92 Å². The zero-order chi connectivity index (χ0) is 12.4. The van der Waals surface area contributed by atoms with Gasteiger partial charge < -0.3 is 15.6 Å². The molecule has 2 heterocycles. The summed E-state index contributed by atoms with van der Waals surface area (Å²) in [6, 6.07) is 0.380. The van der Waals surface area contributed by atoms with Crippen molar-refractivity contribution in [2.24, 2.45) is 16.6 Å². The average Bonchev–Trinajstić information content (AvgIpc) is 2.74. The number of halogens is 1. The Bertz CT molecular complexity index is 438. The van der Waals surface area contributed by atoms with E-state index in [9.17, 15) is 0 Å². The van der Waals surface area contributed by atoms with Gasteiger partial charge in [-0.2, -0.15) is 0 Å². The van der Waals surface area contributed by atoms with Crippen LogP contribution in [0.25, 0.3) is 0 Å². The fourth-order valence-electron chi connectivity index (χ4n) is 2.63. The van der Waals surface area contributed by atoms with Crippen molar-refractivity contribution in [2.75, 3.05) is 6.54 Å². The zero-order valence-electron chi connectivity index (χ0n) is 11.1. The quantitative estimate of drug-likeness (QED) is 0.478. The maximum atomic E-state index is 5.94. The molecule has 1 fully saturated rings. The monoisotopic (exact) mass is 375 g/mol. The topological polar surface area (TPSA) is 68.2 Å². The number of hydrogen-bond acceptors (Lipinski definition) is 2. The van der Waals surface area contributed by atoms with Gasteiger partial charge in [0.05, 0.1) is 0 Å². The van der Waals surface area contributed by atoms with Crippen molar-refractivity contribution < 1.29 is 0 Å². The normalized spacial score (nSPS) is 23.2. The first-order valence-corrected chi connectivity index (χ1v) is 6.88. The van der Waals surface area contributed by atoms with E-state index in [1.165, 1.54) is 19.3 Å². The van der Waals surface area contributed by atoms with E-state index in [0.29, 0.717) is 12.0 Å². The first kappa shape index (κ1) is 14.6. The molecule has 19 heavy (non-hydrogen) atoms. The lowest BCUT2D eigenvalue weighted by atomic mass is 9.86. The van der Waals surface area contributed by atoms with Crippen molar-refractivity contribution in [3.8, 4) is 0 Å². The summed E-state index contributed by atoms with van der Waals surface area (Å²) in [6.45, 7) is 1.91. The molecule has 1 atom stereocenters. The molecule has 5 nitrogen and oxygen atoms in total. The van der Waals surface area contributed by atoms with E-state index in [0.717, 1.165) is 37.7 Å². The van der Waals surface area contributed by atoms with E-state index in [1.54, 1.807) is 0 Å². The molecular weight excluding hydrogens is 353 g/mol. The number of nitrogens with two attached hydrogens (primary N) is 1. The van der Waals surface area contributed by atoms with Crippen LogP contribution in [0.15, 0.2) is 17.4 Å². The SMILES string of the molecule is I.NC(=NCC1CCC1)NC1CCn2ccnc2C1. The summed E-state index contributed by atoms with van der Waals surface area (Å²) in [5, 5.41) is 3.33. The molecule has 0 amide bonds. The molecule has 0 aromatic carbocycles. The number of fused-ring (bicyclic) bond motifs is 1. The Hall–Kier alpha value is -0.790. The summed E-state index contributed by atoms with van der Waals surface area (Å²) in [5.74, 6) is 2.52. The largest absolute Gasteiger partial charge is 0.370 e. The van der Waals surface area contributed by atoms with Crippen LogP contribution in [0.2, 0.25) is 0 Å². The highest BCUT2D eigenvalue weighted by Crippen LogP contribution is 2.26. The van der Waals surface area contributed by atoms with Crippen molar-refractivity contribution in [1.29, 1.82) is 0 Å².